The van der Waals surface area contributed by atoms with Gasteiger partial charge >= 0.3 is 0 Å². The molecule has 2 aromatic heterocycles. The summed E-state index contributed by atoms with van der Waals surface area (Å²) >= 11 is 5.97. The van der Waals surface area contributed by atoms with Crippen molar-refractivity contribution in [2.75, 3.05) is 29.1 Å². The summed E-state index contributed by atoms with van der Waals surface area (Å²) in [5.74, 6) is 3.71. The Morgan fingerprint density at radius 1 is 1.18 bits per heavy atom. The molecule has 0 aromatic carbocycles. The number of aromatic nitrogens is 4. The van der Waals surface area contributed by atoms with Crippen molar-refractivity contribution in [1.29, 1.82) is 0 Å². The molecule has 4 atom stereocenters. The van der Waals surface area contributed by atoms with Gasteiger partial charge < -0.3 is 15.3 Å². The molecule has 8 nitrogen and oxygen atoms in total. The lowest BCUT2D eigenvalue weighted by Crippen LogP contribution is -2.49. The first-order valence-electron chi connectivity index (χ1n) is 12.0. The molecule has 4 heterocycles. The summed E-state index contributed by atoms with van der Waals surface area (Å²) < 4.78 is 13.1. The monoisotopic (exact) mass is 488 g/mol. The first-order chi connectivity index (χ1) is 16.0. The molecule has 176 valence electrons. The van der Waals surface area contributed by atoms with Crippen LogP contribution in [0, 0.1) is 5.92 Å². The van der Waals surface area contributed by atoms with Crippen LogP contribution in [0.3, 0.4) is 0 Å². The fourth-order valence-electron chi connectivity index (χ4n) is 5.94. The second-order valence-corrected chi connectivity index (χ2v) is 11.9. The van der Waals surface area contributed by atoms with Gasteiger partial charge in [-0.1, -0.05) is 11.6 Å². The molecule has 3 fully saturated rings. The smallest absolute Gasteiger partial charge is 0.227 e. The van der Waals surface area contributed by atoms with E-state index < -0.39 is 10.8 Å². The number of hydrogen-bond donors (Lipinski definition) is 2. The third-order valence-electron chi connectivity index (χ3n) is 7.91. The van der Waals surface area contributed by atoms with Gasteiger partial charge in [-0.15, -0.1) is 0 Å². The van der Waals surface area contributed by atoms with Gasteiger partial charge in [0.25, 0.3) is 0 Å². The number of aliphatic hydroxyl groups excluding tert-OH is 1. The maximum absolute atomic E-state index is 13.1. The third-order valence-corrected chi connectivity index (χ3v) is 9.65. The second-order valence-electron chi connectivity index (χ2n) is 9.98. The van der Waals surface area contributed by atoms with Crippen molar-refractivity contribution in [3.8, 4) is 0 Å². The molecule has 1 saturated heterocycles. The lowest BCUT2D eigenvalue weighted by molar-refractivity contribution is 0.143. The average Bonchev–Trinajstić information content (AvgIpc) is 3.35. The topological polar surface area (TPSA) is 104 Å². The molecule has 3 unspecified atom stereocenters. The van der Waals surface area contributed by atoms with Crippen LogP contribution in [0.15, 0.2) is 17.3 Å². The maximum Gasteiger partial charge on any atom is 0.227 e. The van der Waals surface area contributed by atoms with Crippen LogP contribution in [0.5, 0.6) is 0 Å². The van der Waals surface area contributed by atoms with Gasteiger partial charge in [-0.3, -0.25) is 4.21 Å². The van der Waals surface area contributed by atoms with Crippen molar-refractivity contribution in [2.24, 2.45) is 5.92 Å². The number of aryl methyl sites for hydroxylation is 1. The molecule has 4 aliphatic rings. The van der Waals surface area contributed by atoms with Crippen LogP contribution >= 0.6 is 11.6 Å². The number of anilines is 2. The molecule has 6 rings (SSSR count). The molecule has 2 aliphatic heterocycles. The molecular formula is C23H29ClN6O2S. The highest BCUT2D eigenvalue weighted by Crippen LogP contribution is 2.48. The predicted molar refractivity (Wildman–Crippen MR) is 127 cm³/mol. The van der Waals surface area contributed by atoms with E-state index in [1.165, 1.54) is 0 Å². The Kier molecular flexibility index (Phi) is 5.54. The maximum atomic E-state index is 13.1. The Hall–Kier alpha value is -1.84. The van der Waals surface area contributed by atoms with Crippen LogP contribution in [-0.2, 0) is 17.2 Å². The van der Waals surface area contributed by atoms with Crippen molar-refractivity contribution >= 4 is 34.2 Å². The minimum atomic E-state index is -1.12. The number of rotatable bonds is 5. The molecular weight excluding hydrogens is 460 g/mol. The van der Waals surface area contributed by atoms with E-state index in [2.05, 4.69) is 20.2 Å². The Morgan fingerprint density at radius 3 is 2.67 bits per heavy atom. The van der Waals surface area contributed by atoms with E-state index in [0.29, 0.717) is 34.5 Å². The van der Waals surface area contributed by atoms with Crippen LogP contribution in [0.1, 0.15) is 62.4 Å². The number of nitrogens with one attached hydrogen (secondary N) is 1. The number of aliphatic hydroxyl groups is 1. The highest BCUT2D eigenvalue weighted by molar-refractivity contribution is 7.85. The molecule has 2 saturated carbocycles. The quantitative estimate of drug-likeness (QED) is 0.661. The first kappa shape index (κ1) is 21.7. The number of halogens is 1. The van der Waals surface area contributed by atoms with Gasteiger partial charge in [-0.05, 0) is 57.3 Å². The Bertz CT molecular complexity index is 1070. The molecule has 2 bridgehead atoms. The molecule has 10 heteroatoms. The lowest BCUT2D eigenvalue weighted by Gasteiger charge is -2.42. The van der Waals surface area contributed by atoms with Crippen molar-refractivity contribution in [2.45, 2.75) is 73.8 Å². The number of fused-ring (bicyclic) bond motifs is 3. The standard InChI is InChI=1S/C23H29ClN6O2S/c24-15-10-25-20(26-11-15)17-9-16-8-14(17)12-30(16)22-27-18-4-1-2-7-33(32)19(18)21(28-22)29-23(13-31)5-3-6-23/h10-11,14,16-17,31H,1-9,12-13H2,(H,27,28,29)/t14?,16?,17?,33-/m1/s1. The SMILES string of the molecule is O=[S@@]1CCCCc2nc(N3CC4CC3CC4c3ncc(Cl)cn3)nc(NC3(CO)CCC3)c21. The van der Waals surface area contributed by atoms with Crippen molar-refractivity contribution in [3.63, 3.8) is 0 Å². The Labute approximate surface area is 201 Å². The molecule has 33 heavy (non-hydrogen) atoms. The summed E-state index contributed by atoms with van der Waals surface area (Å²) in [6, 6.07) is 0.344. The van der Waals surface area contributed by atoms with Gasteiger partial charge in [-0.2, -0.15) is 4.98 Å². The molecule has 2 aliphatic carbocycles. The molecule has 2 aromatic rings. The van der Waals surface area contributed by atoms with Crippen LogP contribution in [0.25, 0.3) is 0 Å². The summed E-state index contributed by atoms with van der Waals surface area (Å²) in [5, 5.41) is 14.1. The minimum absolute atomic E-state index is 0.0604. The van der Waals surface area contributed by atoms with E-state index >= 15 is 0 Å². The van der Waals surface area contributed by atoms with Crippen LogP contribution in [0.4, 0.5) is 11.8 Å². The normalized spacial score (nSPS) is 29.9. The zero-order valence-corrected chi connectivity index (χ0v) is 20.1. The summed E-state index contributed by atoms with van der Waals surface area (Å²) in [4.78, 5) is 21.9. The largest absolute Gasteiger partial charge is 0.394 e. The van der Waals surface area contributed by atoms with E-state index in [4.69, 9.17) is 21.6 Å². The van der Waals surface area contributed by atoms with Crippen molar-refractivity contribution < 1.29 is 9.32 Å². The van der Waals surface area contributed by atoms with E-state index in [0.717, 1.165) is 80.3 Å². The van der Waals surface area contributed by atoms with E-state index in [1.54, 1.807) is 12.4 Å². The van der Waals surface area contributed by atoms with Gasteiger partial charge in [0, 0.05) is 36.7 Å². The van der Waals surface area contributed by atoms with Crippen LogP contribution < -0.4 is 10.2 Å². The molecule has 2 N–H and O–H groups in total. The summed E-state index contributed by atoms with van der Waals surface area (Å²) in [7, 11) is -1.12. The number of hydrogen-bond acceptors (Lipinski definition) is 8. The van der Waals surface area contributed by atoms with E-state index in [1.807, 2.05) is 0 Å². The van der Waals surface area contributed by atoms with Gasteiger partial charge in [0.1, 0.15) is 16.5 Å². The zero-order chi connectivity index (χ0) is 22.6. The van der Waals surface area contributed by atoms with Crippen LogP contribution in [0.2, 0.25) is 5.02 Å². The third kappa shape index (κ3) is 3.82. The fraction of sp³-hybridized carbons (Fsp3) is 0.652. The van der Waals surface area contributed by atoms with Gasteiger partial charge in [-0.25, -0.2) is 15.0 Å². The number of piperidine rings is 1. The van der Waals surface area contributed by atoms with Gasteiger partial charge in [0.2, 0.25) is 5.95 Å². The Balaban J connectivity index is 1.31. The van der Waals surface area contributed by atoms with Crippen LogP contribution in [-0.4, -0.2) is 59.7 Å². The predicted octanol–water partition coefficient (Wildman–Crippen LogP) is 3.07. The zero-order valence-electron chi connectivity index (χ0n) is 18.5. The van der Waals surface area contributed by atoms with Crippen molar-refractivity contribution in [3.05, 3.63) is 28.9 Å². The minimum Gasteiger partial charge on any atom is -0.394 e. The molecule has 0 radical (unpaired) electrons. The van der Waals surface area contributed by atoms with E-state index in [9.17, 15) is 9.32 Å². The summed E-state index contributed by atoms with van der Waals surface area (Å²) in [6.07, 6.45) is 11.0. The second kappa shape index (κ2) is 8.43. The highest BCUT2D eigenvalue weighted by atomic mass is 35.5. The molecule has 0 spiro atoms. The summed E-state index contributed by atoms with van der Waals surface area (Å²) in [6.45, 7) is 0.929. The Morgan fingerprint density at radius 2 is 2.00 bits per heavy atom. The first-order valence-corrected chi connectivity index (χ1v) is 13.7. The summed E-state index contributed by atoms with van der Waals surface area (Å²) in [5.41, 5.74) is 0.558. The molecule has 0 amide bonds. The lowest BCUT2D eigenvalue weighted by atomic mass is 9.77. The van der Waals surface area contributed by atoms with E-state index in [-0.39, 0.29) is 12.1 Å². The van der Waals surface area contributed by atoms with Gasteiger partial charge in [0.05, 0.1) is 33.7 Å². The van der Waals surface area contributed by atoms with Gasteiger partial charge in [0.15, 0.2) is 0 Å². The highest BCUT2D eigenvalue weighted by Gasteiger charge is 2.48. The van der Waals surface area contributed by atoms with Crippen molar-refractivity contribution in [1.82, 2.24) is 19.9 Å². The number of nitrogens with zero attached hydrogens (tertiary/aromatic N) is 5. The average molecular weight is 489 g/mol. The fourth-order valence-corrected chi connectivity index (χ4v) is 7.43.